The monoisotopic (exact) mass is 320 g/mol. The van der Waals surface area contributed by atoms with Crippen molar-refractivity contribution >= 4 is 5.91 Å². The molecule has 0 spiro atoms. The van der Waals surface area contributed by atoms with E-state index in [1.165, 1.54) is 19.3 Å². The molecule has 0 radical (unpaired) electrons. The minimum atomic E-state index is -0.182. The molecule has 1 amide bonds. The highest BCUT2D eigenvalue weighted by Gasteiger charge is 2.34. The summed E-state index contributed by atoms with van der Waals surface area (Å²) in [7, 11) is 0. The van der Waals surface area contributed by atoms with Crippen LogP contribution in [0.5, 0.6) is 0 Å². The van der Waals surface area contributed by atoms with E-state index in [4.69, 9.17) is 4.74 Å². The highest BCUT2D eigenvalue weighted by atomic mass is 16.5. The molecular weight excluding hydrogens is 292 g/mol. The number of carbonyl (C=O) groups excluding carboxylic acids is 1. The SMILES string of the molecule is CCCOC1(CNC(=O)c2n[nH]c3c2CNCC3)CCCCC1. The summed E-state index contributed by atoms with van der Waals surface area (Å²) in [4.78, 5) is 12.6. The van der Waals surface area contributed by atoms with Crippen LogP contribution >= 0.6 is 0 Å². The third kappa shape index (κ3) is 3.75. The van der Waals surface area contributed by atoms with Gasteiger partial charge >= 0.3 is 0 Å². The number of carbonyl (C=O) groups is 1. The van der Waals surface area contributed by atoms with Crippen LogP contribution in [0, 0.1) is 0 Å². The Bertz CT molecular complexity index is 535. The van der Waals surface area contributed by atoms with Crippen LogP contribution in [0.25, 0.3) is 0 Å². The molecule has 0 atom stereocenters. The zero-order valence-corrected chi connectivity index (χ0v) is 14.0. The third-order valence-electron chi connectivity index (χ3n) is 4.97. The average Bonchev–Trinajstić information content (AvgIpc) is 3.03. The van der Waals surface area contributed by atoms with Crippen LogP contribution in [0.15, 0.2) is 0 Å². The van der Waals surface area contributed by atoms with E-state index >= 15 is 0 Å². The molecule has 2 aliphatic rings. The van der Waals surface area contributed by atoms with E-state index in [1.54, 1.807) is 0 Å². The Kier molecular flexibility index (Phi) is 5.33. The van der Waals surface area contributed by atoms with Crippen molar-refractivity contribution in [2.45, 2.75) is 64.0 Å². The molecule has 1 saturated carbocycles. The van der Waals surface area contributed by atoms with Crippen LogP contribution in [-0.2, 0) is 17.7 Å². The number of nitrogens with one attached hydrogen (secondary N) is 3. The van der Waals surface area contributed by atoms with Crippen molar-refractivity contribution in [3.63, 3.8) is 0 Å². The first-order valence-electron chi connectivity index (χ1n) is 8.93. The standard InChI is InChI=1S/C17H28N4O2/c1-2-10-23-17(7-4-3-5-8-17)12-19-16(22)15-13-11-18-9-6-14(13)20-21-15/h18H,2-12H2,1H3,(H,19,22)(H,20,21). The summed E-state index contributed by atoms with van der Waals surface area (Å²) < 4.78 is 6.14. The number of H-pyrrole nitrogens is 1. The van der Waals surface area contributed by atoms with E-state index in [0.717, 1.165) is 50.1 Å². The van der Waals surface area contributed by atoms with Gasteiger partial charge in [-0.05, 0) is 19.3 Å². The van der Waals surface area contributed by atoms with Gasteiger partial charge in [-0.3, -0.25) is 9.89 Å². The molecule has 0 aromatic carbocycles. The molecule has 128 valence electrons. The normalized spacial score (nSPS) is 20.0. The van der Waals surface area contributed by atoms with Gasteiger partial charge in [0.2, 0.25) is 0 Å². The lowest BCUT2D eigenvalue weighted by Crippen LogP contribution is -2.47. The Morgan fingerprint density at radius 2 is 2.17 bits per heavy atom. The van der Waals surface area contributed by atoms with Gasteiger partial charge in [0.15, 0.2) is 5.69 Å². The number of fused-ring (bicyclic) bond motifs is 1. The molecule has 6 nitrogen and oxygen atoms in total. The quantitative estimate of drug-likeness (QED) is 0.748. The fourth-order valence-corrected chi connectivity index (χ4v) is 3.62. The van der Waals surface area contributed by atoms with Crippen LogP contribution in [0.1, 0.15) is 67.2 Å². The summed E-state index contributed by atoms with van der Waals surface area (Å²) in [6, 6.07) is 0. The van der Waals surface area contributed by atoms with Crippen molar-refractivity contribution in [2.75, 3.05) is 19.7 Å². The number of aromatic nitrogens is 2. The van der Waals surface area contributed by atoms with Crippen molar-refractivity contribution < 1.29 is 9.53 Å². The first kappa shape index (κ1) is 16.5. The van der Waals surface area contributed by atoms with Gasteiger partial charge in [-0.25, -0.2) is 0 Å². The maximum absolute atomic E-state index is 12.6. The number of amides is 1. The fraction of sp³-hybridized carbons (Fsp3) is 0.765. The van der Waals surface area contributed by atoms with Crippen LogP contribution in [0.2, 0.25) is 0 Å². The lowest BCUT2D eigenvalue weighted by atomic mass is 9.84. The maximum atomic E-state index is 12.6. The van der Waals surface area contributed by atoms with E-state index < -0.39 is 0 Å². The maximum Gasteiger partial charge on any atom is 0.272 e. The van der Waals surface area contributed by atoms with Crippen LogP contribution in [0.3, 0.4) is 0 Å². The topological polar surface area (TPSA) is 79.0 Å². The molecule has 1 aromatic rings. The first-order valence-corrected chi connectivity index (χ1v) is 8.93. The summed E-state index contributed by atoms with van der Waals surface area (Å²) in [5.41, 5.74) is 2.46. The Balaban J connectivity index is 1.63. The highest BCUT2D eigenvalue weighted by Crippen LogP contribution is 2.31. The molecule has 1 fully saturated rings. The van der Waals surface area contributed by atoms with Crippen molar-refractivity contribution in [3.05, 3.63) is 17.0 Å². The van der Waals surface area contributed by atoms with Crippen molar-refractivity contribution in [1.29, 1.82) is 0 Å². The number of ether oxygens (including phenoxy) is 1. The molecule has 1 aliphatic heterocycles. The van der Waals surface area contributed by atoms with Gasteiger partial charge in [0.25, 0.3) is 5.91 Å². The Hall–Kier alpha value is -1.40. The number of rotatable bonds is 6. The molecule has 1 aliphatic carbocycles. The number of hydrogen-bond acceptors (Lipinski definition) is 4. The Morgan fingerprint density at radius 3 is 2.96 bits per heavy atom. The first-order chi connectivity index (χ1) is 11.2. The second-order valence-electron chi connectivity index (χ2n) is 6.73. The molecule has 1 aromatic heterocycles. The van der Waals surface area contributed by atoms with Crippen molar-refractivity contribution in [2.24, 2.45) is 0 Å². The van der Waals surface area contributed by atoms with Gasteiger partial charge in [-0.15, -0.1) is 0 Å². The summed E-state index contributed by atoms with van der Waals surface area (Å²) in [6.45, 7) is 5.12. The number of nitrogens with zero attached hydrogens (tertiary/aromatic N) is 1. The van der Waals surface area contributed by atoms with E-state index in [1.807, 2.05) is 0 Å². The molecule has 6 heteroatoms. The minimum Gasteiger partial charge on any atom is -0.373 e. The minimum absolute atomic E-state index is 0.0868. The lowest BCUT2D eigenvalue weighted by Gasteiger charge is -2.37. The highest BCUT2D eigenvalue weighted by molar-refractivity contribution is 5.94. The summed E-state index contributed by atoms with van der Waals surface area (Å²) in [6.07, 6.45) is 7.61. The predicted octanol–water partition coefficient (Wildman–Crippen LogP) is 1.91. The summed E-state index contributed by atoms with van der Waals surface area (Å²) in [5.74, 6) is -0.0868. The van der Waals surface area contributed by atoms with E-state index in [-0.39, 0.29) is 11.5 Å². The molecule has 0 bridgehead atoms. The zero-order chi connectivity index (χ0) is 16.1. The van der Waals surface area contributed by atoms with Crippen LogP contribution in [-0.4, -0.2) is 41.4 Å². The Labute approximate surface area is 137 Å². The molecule has 3 N–H and O–H groups in total. The smallest absolute Gasteiger partial charge is 0.272 e. The summed E-state index contributed by atoms with van der Waals surface area (Å²) >= 11 is 0. The summed E-state index contributed by atoms with van der Waals surface area (Å²) in [5, 5.41) is 13.6. The average molecular weight is 320 g/mol. The van der Waals surface area contributed by atoms with Gasteiger partial charge in [0, 0.05) is 43.9 Å². The molecule has 2 heterocycles. The number of aromatic amines is 1. The van der Waals surface area contributed by atoms with Gasteiger partial charge in [0.1, 0.15) is 0 Å². The van der Waals surface area contributed by atoms with Crippen LogP contribution in [0.4, 0.5) is 0 Å². The molecular formula is C17H28N4O2. The molecule has 0 saturated heterocycles. The molecule has 23 heavy (non-hydrogen) atoms. The third-order valence-corrected chi connectivity index (χ3v) is 4.97. The lowest BCUT2D eigenvalue weighted by molar-refractivity contribution is -0.0669. The second-order valence-corrected chi connectivity index (χ2v) is 6.73. The van der Waals surface area contributed by atoms with E-state index in [2.05, 4.69) is 27.8 Å². The van der Waals surface area contributed by atoms with E-state index in [9.17, 15) is 4.79 Å². The second kappa shape index (κ2) is 7.45. The van der Waals surface area contributed by atoms with Crippen molar-refractivity contribution in [3.8, 4) is 0 Å². The largest absolute Gasteiger partial charge is 0.373 e. The van der Waals surface area contributed by atoms with Gasteiger partial charge in [-0.2, -0.15) is 5.10 Å². The van der Waals surface area contributed by atoms with Gasteiger partial charge in [-0.1, -0.05) is 26.2 Å². The zero-order valence-electron chi connectivity index (χ0n) is 14.0. The fourth-order valence-electron chi connectivity index (χ4n) is 3.62. The molecule has 3 rings (SSSR count). The van der Waals surface area contributed by atoms with Crippen LogP contribution < -0.4 is 10.6 Å². The number of hydrogen-bond donors (Lipinski definition) is 3. The predicted molar refractivity (Wildman–Crippen MR) is 88.4 cm³/mol. The Morgan fingerprint density at radius 1 is 1.35 bits per heavy atom. The van der Waals surface area contributed by atoms with Crippen molar-refractivity contribution in [1.82, 2.24) is 20.8 Å². The van der Waals surface area contributed by atoms with E-state index in [0.29, 0.717) is 18.8 Å². The molecule has 0 unspecified atom stereocenters. The van der Waals surface area contributed by atoms with Gasteiger partial charge < -0.3 is 15.4 Å². The van der Waals surface area contributed by atoms with Gasteiger partial charge in [0.05, 0.1) is 5.60 Å².